The first-order valence-corrected chi connectivity index (χ1v) is 12.3. The van der Waals surface area contributed by atoms with Gasteiger partial charge in [0.05, 0.1) is 35.5 Å². The van der Waals surface area contributed by atoms with E-state index in [1.165, 1.54) is 0 Å². The molecule has 0 aliphatic carbocycles. The van der Waals surface area contributed by atoms with E-state index >= 15 is 0 Å². The van der Waals surface area contributed by atoms with E-state index in [2.05, 4.69) is 44.9 Å². The zero-order valence-corrected chi connectivity index (χ0v) is 20.5. The van der Waals surface area contributed by atoms with Gasteiger partial charge in [0.1, 0.15) is 0 Å². The Kier molecular flexibility index (Phi) is 6.25. The van der Waals surface area contributed by atoms with Crippen LogP contribution in [0.5, 0.6) is 0 Å². The number of nitrogens with zero attached hydrogens (tertiary/aromatic N) is 4. The Morgan fingerprint density at radius 3 is 2.82 bits per heavy atom. The maximum Gasteiger partial charge on any atom is 0.239 e. The molecule has 2 fully saturated rings. The second kappa shape index (κ2) is 9.16. The second-order valence-corrected chi connectivity index (χ2v) is 10.00. The summed E-state index contributed by atoms with van der Waals surface area (Å²) < 4.78 is 2.16. The van der Waals surface area contributed by atoms with E-state index in [1.54, 1.807) is 6.07 Å². The topological polar surface area (TPSA) is 53.4 Å². The molecule has 33 heavy (non-hydrogen) atoms. The van der Waals surface area contributed by atoms with Crippen molar-refractivity contribution in [2.24, 2.45) is 0 Å². The number of imidazole rings is 1. The van der Waals surface area contributed by atoms with Gasteiger partial charge in [0.2, 0.25) is 5.91 Å². The summed E-state index contributed by atoms with van der Waals surface area (Å²) in [6.45, 7) is 4.83. The molecule has 1 N–H and O–H groups in total. The number of fused-ring (bicyclic) bond motifs is 1. The molecule has 0 radical (unpaired) electrons. The average molecular weight is 486 g/mol. The van der Waals surface area contributed by atoms with Crippen LogP contribution in [0.3, 0.4) is 0 Å². The average Bonchev–Trinajstić information content (AvgIpc) is 3.58. The predicted octanol–water partition coefficient (Wildman–Crippen LogP) is 4.74. The number of carbonyl (C=O) groups excluding carboxylic acids is 1. The number of aromatic nitrogens is 2. The van der Waals surface area contributed by atoms with Gasteiger partial charge in [0.15, 0.2) is 0 Å². The van der Waals surface area contributed by atoms with Gasteiger partial charge in [-0.3, -0.25) is 4.79 Å². The minimum Gasteiger partial charge on any atom is -0.369 e. The van der Waals surface area contributed by atoms with Crippen molar-refractivity contribution in [3.63, 3.8) is 0 Å². The lowest BCUT2D eigenvalue weighted by atomic mass is 10.1. The molecule has 3 aromatic rings. The Hall–Kier alpha value is -2.28. The van der Waals surface area contributed by atoms with Crippen LogP contribution in [0, 0.1) is 0 Å². The maximum absolute atomic E-state index is 12.8. The summed E-state index contributed by atoms with van der Waals surface area (Å²) in [6, 6.07) is 12.3. The minimum absolute atomic E-state index is 0.0176. The number of anilines is 1. The Bertz CT molecular complexity index is 1170. The molecular weight excluding hydrogens is 457 g/mol. The number of likely N-dealkylation sites (N-methyl/N-ethyl adjacent to an activating group) is 1. The summed E-state index contributed by atoms with van der Waals surface area (Å²) >= 11 is 12.6. The largest absolute Gasteiger partial charge is 0.369 e. The first-order chi connectivity index (χ1) is 15.9. The number of benzene rings is 2. The van der Waals surface area contributed by atoms with E-state index in [0.717, 1.165) is 61.2 Å². The molecule has 174 valence electrons. The molecule has 3 atom stereocenters. The number of rotatable bonds is 5. The molecule has 6 nitrogen and oxygen atoms in total. The zero-order chi connectivity index (χ0) is 23.1. The summed E-state index contributed by atoms with van der Waals surface area (Å²) in [6.07, 6.45) is 4.87. The summed E-state index contributed by atoms with van der Waals surface area (Å²) in [7, 11) is 1.95. The van der Waals surface area contributed by atoms with Crippen molar-refractivity contribution in [2.45, 2.75) is 44.3 Å². The van der Waals surface area contributed by atoms with Crippen LogP contribution in [0.1, 0.15) is 37.8 Å². The Labute approximate surface area is 204 Å². The lowest BCUT2D eigenvalue weighted by Gasteiger charge is -2.28. The van der Waals surface area contributed by atoms with Gasteiger partial charge < -0.3 is 19.7 Å². The molecule has 0 spiro atoms. The monoisotopic (exact) mass is 485 g/mol. The van der Waals surface area contributed by atoms with Crippen molar-refractivity contribution in [3.8, 4) is 0 Å². The first kappa shape index (κ1) is 22.5. The van der Waals surface area contributed by atoms with Crippen LogP contribution in [0.25, 0.3) is 11.0 Å². The number of carbonyl (C=O) groups is 1. The first-order valence-electron chi connectivity index (χ1n) is 11.6. The normalized spacial score (nSPS) is 21.6. The van der Waals surface area contributed by atoms with E-state index < -0.39 is 0 Å². The Balaban J connectivity index is 1.36. The number of hydrogen-bond acceptors (Lipinski definition) is 4. The van der Waals surface area contributed by atoms with E-state index in [0.29, 0.717) is 10.0 Å². The van der Waals surface area contributed by atoms with Gasteiger partial charge in [-0.2, -0.15) is 0 Å². The highest BCUT2D eigenvalue weighted by molar-refractivity contribution is 6.35. The number of nitrogens with one attached hydrogen (secondary N) is 1. The predicted molar refractivity (Wildman–Crippen MR) is 134 cm³/mol. The fraction of sp³-hybridized carbons (Fsp3) is 0.440. The molecule has 8 heteroatoms. The van der Waals surface area contributed by atoms with E-state index in [9.17, 15) is 4.79 Å². The minimum atomic E-state index is -0.0177. The fourth-order valence-electron chi connectivity index (χ4n) is 5.12. The molecular formula is C25H29Cl2N5O. The molecule has 2 aliphatic heterocycles. The molecule has 1 amide bonds. The van der Waals surface area contributed by atoms with Crippen molar-refractivity contribution < 1.29 is 4.79 Å². The van der Waals surface area contributed by atoms with Crippen LogP contribution in [-0.4, -0.2) is 59.1 Å². The van der Waals surface area contributed by atoms with Crippen LogP contribution >= 0.6 is 23.2 Å². The van der Waals surface area contributed by atoms with Crippen LogP contribution < -0.4 is 10.2 Å². The van der Waals surface area contributed by atoms with Gasteiger partial charge in [0.25, 0.3) is 0 Å². The third-order valence-electron chi connectivity index (χ3n) is 7.17. The Morgan fingerprint density at radius 2 is 2.06 bits per heavy atom. The van der Waals surface area contributed by atoms with Crippen LogP contribution in [0.15, 0.2) is 42.7 Å². The highest BCUT2D eigenvalue weighted by Crippen LogP contribution is 2.32. The fourth-order valence-corrected chi connectivity index (χ4v) is 5.69. The lowest BCUT2D eigenvalue weighted by Crippen LogP contribution is -2.47. The third-order valence-corrected chi connectivity index (χ3v) is 7.73. The molecule has 2 saturated heterocycles. The standard InChI is InChI=1S/C25H29Cl2N5O/c1-16(20-7-5-17(26)12-21(20)27)32-15-29-22-8-6-18(13-24(22)32)31-11-9-19(14-31)30(2)25(33)23-4-3-10-28-23/h5-8,12-13,15-16,19,23,28H,3-4,9-11,14H2,1-2H3. The quantitative estimate of drug-likeness (QED) is 0.566. The zero-order valence-electron chi connectivity index (χ0n) is 19.0. The van der Waals surface area contributed by atoms with E-state index in [4.69, 9.17) is 23.2 Å². The molecule has 5 rings (SSSR count). The maximum atomic E-state index is 12.8. The third kappa shape index (κ3) is 4.32. The van der Waals surface area contributed by atoms with Gasteiger partial charge in [-0.05, 0) is 68.6 Å². The van der Waals surface area contributed by atoms with Crippen LogP contribution in [0.4, 0.5) is 5.69 Å². The number of amides is 1. The SMILES string of the molecule is CC(c1ccc(Cl)cc1Cl)n1cnc2ccc(N3CCC(N(C)C(=O)C4CCCN4)C3)cc21. The van der Waals surface area contributed by atoms with Crippen molar-refractivity contribution >= 4 is 45.8 Å². The summed E-state index contributed by atoms with van der Waals surface area (Å²) in [4.78, 5) is 21.8. The molecule has 0 saturated carbocycles. The van der Waals surface area contributed by atoms with Crippen LogP contribution in [0.2, 0.25) is 10.0 Å². The van der Waals surface area contributed by atoms with Crippen molar-refractivity contribution in [3.05, 3.63) is 58.3 Å². The van der Waals surface area contributed by atoms with E-state index in [-0.39, 0.29) is 24.0 Å². The Morgan fingerprint density at radius 1 is 1.21 bits per heavy atom. The van der Waals surface area contributed by atoms with Gasteiger partial charge >= 0.3 is 0 Å². The van der Waals surface area contributed by atoms with Gasteiger partial charge in [-0.25, -0.2) is 4.98 Å². The molecule has 3 unspecified atom stereocenters. The van der Waals surface area contributed by atoms with Gasteiger partial charge in [0, 0.05) is 35.9 Å². The molecule has 3 heterocycles. The smallest absolute Gasteiger partial charge is 0.239 e. The number of halogens is 2. The highest BCUT2D eigenvalue weighted by Gasteiger charge is 2.33. The highest BCUT2D eigenvalue weighted by atomic mass is 35.5. The van der Waals surface area contributed by atoms with Crippen molar-refractivity contribution in [1.82, 2.24) is 19.8 Å². The van der Waals surface area contributed by atoms with Gasteiger partial charge in [-0.15, -0.1) is 0 Å². The molecule has 0 bridgehead atoms. The summed E-state index contributed by atoms with van der Waals surface area (Å²) in [5.41, 5.74) is 4.17. The van der Waals surface area contributed by atoms with E-state index in [1.807, 2.05) is 30.4 Å². The van der Waals surface area contributed by atoms with Crippen LogP contribution in [-0.2, 0) is 4.79 Å². The molecule has 1 aromatic heterocycles. The molecule has 2 aliphatic rings. The number of hydrogen-bond donors (Lipinski definition) is 1. The summed E-state index contributed by atoms with van der Waals surface area (Å²) in [5.74, 6) is 0.224. The van der Waals surface area contributed by atoms with Crippen molar-refractivity contribution in [1.29, 1.82) is 0 Å². The second-order valence-electron chi connectivity index (χ2n) is 9.15. The lowest BCUT2D eigenvalue weighted by molar-refractivity contribution is -0.133. The summed E-state index contributed by atoms with van der Waals surface area (Å²) in [5, 5.41) is 4.61. The van der Waals surface area contributed by atoms with Crippen molar-refractivity contribution in [2.75, 3.05) is 31.6 Å². The molecule has 2 aromatic carbocycles. The van der Waals surface area contributed by atoms with Gasteiger partial charge in [-0.1, -0.05) is 29.3 Å².